The van der Waals surface area contributed by atoms with Crippen molar-refractivity contribution in [1.82, 2.24) is 25.5 Å². The number of benzene rings is 1. The first-order chi connectivity index (χ1) is 18.0. The van der Waals surface area contributed by atoms with Crippen molar-refractivity contribution in [2.24, 2.45) is 0 Å². The second-order valence-corrected chi connectivity index (χ2v) is 9.37. The van der Waals surface area contributed by atoms with Crippen molar-refractivity contribution in [3.63, 3.8) is 0 Å². The summed E-state index contributed by atoms with van der Waals surface area (Å²) in [6, 6.07) is 8.42. The molecule has 4 heterocycles. The van der Waals surface area contributed by atoms with E-state index in [2.05, 4.69) is 20.6 Å². The Morgan fingerprint density at radius 2 is 1.97 bits per heavy atom. The van der Waals surface area contributed by atoms with E-state index >= 15 is 0 Å². The summed E-state index contributed by atoms with van der Waals surface area (Å²) in [6.07, 6.45) is 7.76. The Kier molecular flexibility index (Phi) is 7.16. The van der Waals surface area contributed by atoms with Gasteiger partial charge in [-0.3, -0.25) is 29.5 Å². The summed E-state index contributed by atoms with van der Waals surface area (Å²) in [6.45, 7) is 1.47. The summed E-state index contributed by atoms with van der Waals surface area (Å²) in [5, 5.41) is 6.20. The lowest BCUT2D eigenvalue weighted by molar-refractivity contribution is -0.136. The fourth-order valence-electron chi connectivity index (χ4n) is 4.77. The molecule has 192 valence electrons. The monoisotopic (exact) mass is 503 g/mol. The number of ether oxygens (including phenoxy) is 1. The van der Waals surface area contributed by atoms with E-state index in [0.29, 0.717) is 43.1 Å². The first-order valence-electron chi connectivity index (χ1n) is 12.6. The van der Waals surface area contributed by atoms with E-state index in [1.807, 2.05) is 18.3 Å². The molecule has 2 aromatic heterocycles. The Morgan fingerprint density at radius 3 is 2.84 bits per heavy atom. The minimum absolute atomic E-state index is 0.175. The third-order valence-electron chi connectivity index (χ3n) is 6.79. The molecule has 1 fully saturated rings. The summed E-state index contributed by atoms with van der Waals surface area (Å²) in [4.78, 5) is 57.5. The van der Waals surface area contributed by atoms with Gasteiger partial charge in [0.1, 0.15) is 17.5 Å². The van der Waals surface area contributed by atoms with Gasteiger partial charge in [-0.15, -0.1) is 0 Å². The maximum atomic E-state index is 12.8. The average Bonchev–Trinajstić information content (AvgIpc) is 3.49. The minimum Gasteiger partial charge on any atom is -0.494 e. The van der Waals surface area contributed by atoms with Crippen LogP contribution in [-0.4, -0.2) is 57.7 Å². The molecule has 0 radical (unpaired) electrons. The highest BCUT2D eigenvalue weighted by Crippen LogP contribution is 2.30. The van der Waals surface area contributed by atoms with Crippen molar-refractivity contribution >= 4 is 34.5 Å². The molecular formula is C27H29N5O5. The first kappa shape index (κ1) is 24.5. The molecular weight excluding hydrogens is 474 g/mol. The van der Waals surface area contributed by atoms with Gasteiger partial charge in [-0.25, -0.2) is 0 Å². The van der Waals surface area contributed by atoms with Crippen LogP contribution in [0.1, 0.15) is 64.9 Å². The molecule has 0 bridgehead atoms. The topological polar surface area (TPSA) is 133 Å². The molecule has 4 amide bonds. The highest BCUT2D eigenvalue weighted by Gasteiger charge is 2.39. The third-order valence-corrected chi connectivity index (χ3v) is 6.79. The molecule has 5 rings (SSSR count). The molecule has 1 aromatic carbocycles. The maximum Gasteiger partial charge on any atom is 0.269 e. The summed E-state index contributed by atoms with van der Waals surface area (Å²) in [7, 11) is 0. The zero-order chi connectivity index (χ0) is 25.8. The van der Waals surface area contributed by atoms with Crippen molar-refractivity contribution < 1.29 is 23.9 Å². The van der Waals surface area contributed by atoms with Gasteiger partial charge in [0.2, 0.25) is 11.8 Å². The van der Waals surface area contributed by atoms with Crippen LogP contribution in [-0.2, 0) is 16.1 Å². The van der Waals surface area contributed by atoms with Crippen LogP contribution in [0.5, 0.6) is 5.75 Å². The van der Waals surface area contributed by atoms with Gasteiger partial charge in [0.05, 0.1) is 6.61 Å². The van der Waals surface area contributed by atoms with Gasteiger partial charge in [0.25, 0.3) is 11.8 Å². The van der Waals surface area contributed by atoms with E-state index in [0.717, 1.165) is 42.1 Å². The molecule has 2 aliphatic heterocycles. The van der Waals surface area contributed by atoms with Crippen molar-refractivity contribution in [1.29, 1.82) is 0 Å². The predicted octanol–water partition coefficient (Wildman–Crippen LogP) is 2.69. The normalized spacial score (nSPS) is 17.1. The van der Waals surface area contributed by atoms with Gasteiger partial charge in [-0.2, -0.15) is 0 Å². The molecule has 0 aliphatic carbocycles. The minimum atomic E-state index is -0.620. The second-order valence-electron chi connectivity index (χ2n) is 9.37. The van der Waals surface area contributed by atoms with Gasteiger partial charge in [-0.1, -0.05) is 12.8 Å². The number of aromatic nitrogens is 2. The number of carbonyl (C=O) groups excluding carboxylic acids is 4. The van der Waals surface area contributed by atoms with Crippen molar-refractivity contribution in [2.45, 2.75) is 51.1 Å². The number of aromatic amines is 1. The predicted molar refractivity (Wildman–Crippen MR) is 135 cm³/mol. The molecule has 0 spiro atoms. The molecule has 1 saturated heterocycles. The summed E-state index contributed by atoms with van der Waals surface area (Å²) >= 11 is 0. The number of imide groups is 1. The Bertz CT molecular complexity index is 1350. The number of H-pyrrole nitrogens is 1. The number of carbonyl (C=O) groups is 4. The van der Waals surface area contributed by atoms with Gasteiger partial charge >= 0.3 is 0 Å². The van der Waals surface area contributed by atoms with Crippen molar-refractivity contribution in [3.05, 3.63) is 59.5 Å². The average molecular weight is 504 g/mol. The van der Waals surface area contributed by atoms with E-state index in [-0.39, 0.29) is 24.1 Å². The van der Waals surface area contributed by atoms with Gasteiger partial charge in [-0.05, 0) is 55.2 Å². The standard InChI is InChI=1S/C27H29N5O5/c33-24-8-7-23(26(35)31-24)32-16-18-13-19(5-6-20(18)27(32)36)37-12-4-2-1-3-10-29-25(34)22-14-21-17(15-30-22)9-11-28-21/h5-6,9,11,13-15,23,28H,1-4,7-8,10,12,16H2,(H,29,34)(H,31,33,35). The molecule has 3 N–H and O–H groups in total. The van der Waals surface area contributed by atoms with Crippen LogP contribution in [0.25, 0.3) is 10.9 Å². The number of amides is 4. The molecule has 2 aliphatic rings. The molecule has 10 nitrogen and oxygen atoms in total. The van der Waals surface area contributed by atoms with Crippen molar-refractivity contribution in [2.75, 3.05) is 13.2 Å². The van der Waals surface area contributed by atoms with Crippen molar-refractivity contribution in [3.8, 4) is 5.75 Å². The Balaban J connectivity index is 0.998. The number of piperidine rings is 1. The molecule has 37 heavy (non-hydrogen) atoms. The number of hydrogen-bond acceptors (Lipinski definition) is 6. The van der Waals surface area contributed by atoms with E-state index in [4.69, 9.17) is 4.74 Å². The molecule has 0 saturated carbocycles. The molecule has 3 aromatic rings. The van der Waals surface area contributed by atoms with Crippen LogP contribution in [0.15, 0.2) is 42.7 Å². The van der Waals surface area contributed by atoms with Crippen LogP contribution >= 0.6 is 0 Å². The number of nitrogens with one attached hydrogen (secondary N) is 3. The highest BCUT2D eigenvalue weighted by atomic mass is 16.5. The van der Waals surface area contributed by atoms with Crippen LogP contribution in [0, 0.1) is 0 Å². The van der Waals surface area contributed by atoms with Crippen LogP contribution in [0.3, 0.4) is 0 Å². The largest absolute Gasteiger partial charge is 0.494 e. The molecule has 10 heteroatoms. The quantitative estimate of drug-likeness (QED) is 0.288. The lowest BCUT2D eigenvalue weighted by Crippen LogP contribution is -2.52. The number of rotatable bonds is 10. The fraction of sp³-hybridized carbons (Fsp3) is 0.370. The summed E-state index contributed by atoms with van der Waals surface area (Å²) < 4.78 is 5.88. The first-order valence-corrected chi connectivity index (χ1v) is 12.6. The maximum absolute atomic E-state index is 12.8. The molecule has 1 atom stereocenters. The van der Waals surface area contributed by atoms with E-state index in [1.165, 1.54) is 4.90 Å². The number of pyridine rings is 1. The van der Waals surface area contributed by atoms with Crippen LogP contribution < -0.4 is 15.4 Å². The van der Waals surface area contributed by atoms with Gasteiger partial charge in [0.15, 0.2) is 0 Å². The van der Waals surface area contributed by atoms with Crippen LogP contribution in [0.2, 0.25) is 0 Å². The lowest BCUT2D eigenvalue weighted by atomic mass is 10.0. The smallest absolute Gasteiger partial charge is 0.269 e. The Morgan fingerprint density at radius 1 is 1.11 bits per heavy atom. The Hall–Kier alpha value is -4.21. The number of hydrogen-bond donors (Lipinski definition) is 3. The number of unbranched alkanes of at least 4 members (excludes halogenated alkanes) is 3. The SMILES string of the molecule is O=C1CCC(N2Cc3cc(OCCCCCCNC(=O)c4cc5[nH]ccc5cn4)ccc3C2=O)C(=O)N1. The van der Waals surface area contributed by atoms with E-state index in [1.54, 1.807) is 24.4 Å². The second kappa shape index (κ2) is 10.8. The third kappa shape index (κ3) is 5.47. The summed E-state index contributed by atoms with van der Waals surface area (Å²) in [5.74, 6) is -0.387. The lowest BCUT2D eigenvalue weighted by Gasteiger charge is -2.29. The Labute approximate surface area is 213 Å². The highest BCUT2D eigenvalue weighted by molar-refractivity contribution is 6.05. The van der Waals surface area contributed by atoms with E-state index in [9.17, 15) is 19.2 Å². The fourth-order valence-corrected chi connectivity index (χ4v) is 4.77. The van der Waals surface area contributed by atoms with Crippen LogP contribution in [0.4, 0.5) is 0 Å². The van der Waals surface area contributed by atoms with Gasteiger partial charge in [0, 0.05) is 48.4 Å². The molecule has 1 unspecified atom stereocenters. The summed E-state index contributed by atoms with van der Waals surface area (Å²) in [5.41, 5.74) is 2.69. The zero-order valence-electron chi connectivity index (χ0n) is 20.4. The number of fused-ring (bicyclic) bond motifs is 2. The zero-order valence-corrected chi connectivity index (χ0v) is 20.4. The van der Waals surface area contributed by atoms with E-state index < -0.39 is 11.9 Å². The van der Waals surface area contributed by atoms with Gasteiger partial charge < -0.3 is 19.9 Å². The number of nitrogens with zero attached hydrogens (tertiary/aromatic N) is 2.